The summed E-state index contributed by atoms with van der Waals surface area (Å²) in [6.07, 6.45) is 15.4. The van der Waals surface area contributed by atoms with Gasteiger partial charge in [0.05, 0.1) is 0 Å². The smallest absolute Gasteiger partial charge is 0.139 e. The van der Waals surface area contributed by atoms with Crippen molar-refractivity contribution in [2.75, 3.05) is 0 Å². The molecule has 0 N–H and O–H groups in total. The first-order valence-electron chi connectivity index (χ1n) is 8.46. The third kappa shape index (κ3) is 1.47. The second kappa shape index (κ2) is 4.08. The van der Waals surface area contributed by atoms with Gasteiger partial charge in [0, 0.05) is 11.8 Å². The fraction of sp³-hybridized carbons (Fsp3) is 0.737. The molecule has 2 saturated carbocycles. The molecular weight excluding hydrogens is 244 g/mol. The van der Waals surface area contributed by atoms with Gasteiger partial charge in [-0.05, 0) is 67.3 Å². The number of allylic oxidation sites excluding steroid dienone is 4. The minimum absolute atomic E-state index is 0.0212. The van der Waals surface area contributed by atoms with Crippen molar-refractivity contribution in [1.82, 2.24) is 0 Å². The number of fused-ring (bicyclic) bond motifs is 5. The largest absolute Gasteiger partial charge is 0.299 e. The van der Waals surface area contributed by atoms with E-state index in [1.54, 1.807) is 5.57 Å². The summed E-state index contributed by atoms with van der Waals surface area (Å²) < 4.78 is 0. The molecule has 108 valence electrons. The molecule has 0 heterocycles. The lowest BCUT2D eigenvalue weighted by atomic mass is 9.49. The first-order chi connectivity index (χ1) is 9.56. The Balaban J connectivity index is 1.74. The highest BCUT2D eigenvalue weighted by Crippen LogP contribution is 2.63. The van der Waals surface area contributed by atoms with Gasteiger partial charge in [-0.3, -0.25) is 4.79 Å². The zero-order chi connectivity index (χ0) is 14.0. The summed E-state index contributed by atoms with van der Waals surface area (Å²) in [7, 11) is 0. The first kappa shape index (κ1) is 12.9. The van der Waals surface area contributed by atoms with E-state index in [1.807, 2.05) is 0 Å². The van der Waals surface area contributed by atoms with E-state index in [1.165, 1.54) is 25.7 Å². The average Bonchev–Trinajstić information content (AvgIpc) is 2.74. The van der Waals surface area contributed by atoms with Gasteiger partial charge in [0.2, 0.25) is 0 Å². The van der Waals surface area contributed by atoms with Crippen molar-refractivity contribution >= 4 is 5.78 Å². The zero-order valence-corrected chi connectivity index (χ0v) is 12.8. The van der Waals surface area contributed by atoms with Crippen LogP contribution in [0.1, 0.15) is 58.8 Å². The van der Waals surface area contributed by atoms with Gasteiger partial charge in [-0.2, -0.15) is 0 Å². The van der Waals surface area contributed by atoms with Crippen LogP contribution in [-0.4, -0.2) is 5.78 Å². The van der Waals surface area contributed by atoms with E-state index in [0.717, 1.165) is 31.1 Å². The molecule has 0 saturated heterocycles. The van der Waals surface area contributed by atoms with Gasteiger partial charge in [-0.15, -0.1) is 0 Å². The lowest BCUT2D eigenvalue weighted by Gasteiger charge is -2.55. The molecule has 0 aromatic rings. The Labute approximate surface area is 122 Å². The second-order valence-electron chi connectivity index (χ2n) is 8.05. The molecule has 0 spiro atoms. The van der Waals surface area contributed by atoms with E-state index in [4.69, 9.17) is 0 Å². The van der Waals surface area contributed by atoms with Gasteiger partial charge in [0.1, 0.15) is 5.78 Å². The molecule has 5 atom stereocenters. The third-order valence-electron chi connectivity index (χ3n) is 7.36. The van der Waals surface area contributed by atoms with Crippen LogP contribution in [0.2, 0.25) is 0 Å². The molecule has 0 bridgehead atoms. The minimum Gasteiger partial charge on any atom is -0.299 e. The van der Waals surface area contributed by atoms with Gasteiger partial charge in [0.25, 0.3) is 0 Å². The lowest BCUT2D eigenvalue weighted by molar-refractivity contribution is -0.131. The highest BCUT2D eigenvalue weighted by atomic mass is 16.1. The second-order valence-corrected chi connectivity index (χ2v) is 8.05. The number of Topliss-reactive ketones (excluding diaryl/α,β-unsaturated/α-hetero) is 1. The molecular formula is C19H26O. The van der Waals surface area contributed by atoms with E-state index in [-0.39, 0.29) is 5.41 Å². The van der Waals surface area contributed by atoms with E-state index < -0.39 is 0 Å². The molecule has 0 amide bonds. The maximum absolute atomic E-state index is 12.3. The fourth-order valence-electron chi connectivity index (χ4n) is 6.07. The molecule has 4 aliphatic carbocycles. The van der Waals surface area contributed by atoms with Crippen molar-refractivity contribution in [3.05, 3.63) is 23.8 Å². The normalized spacial score (nSPS) is 50.2. The topological polar surface area (TPSA) is 17.1 Å². The van der Waals surface area contributed by atoms with Gasteiger partial charge in [-0.25, -0.2) is 0 Å². The van der Waals surface area contributed by atoms with E-state index in [9.17, 15) is 4.79 Å². The van der Waals surface area contributed by atoms with Gasteiger partial charge >= 0.3 is 0 Å². The monoisotopic (exact) mass is 270 g/mol. The Kier molecular flexibility index (Phi) is 2.63. The van der Waals surface area contributed by atoms with Crippen molar-refractivity contribution in [3.8, 4) is 0 Å². The van der Waals surface area contributed by atoms with Crippen molar-refractivity contribution in [1.29, 1.82) is 0 Å². The lowest BCUT2D eigenvalue weighted by Crippen LogP contribution is -2.49. The average molecular weight is 270 g/mol. The molecule has 0 aromatic heterocycles. The number of carbonyl (C=O) groups excluding carboxylic acids is 1. The highest BCUT2D eigenvalue weighted by molar-refractivity contribution is 5.87. The van der Waals surface area contributed by atoms with Crippen LogP contribution in [0.25, 0.3) is 0 Å². The highest BCUT2D eigenvalue weighted by Gasteiger charge is 2.57. The molecule has 1 nitrogen and oxygen atoms in total. The van der Waals surface area contributed by atoms with Crippen molar-refractivity contribution < 1.29 is 4.79 Å². The summed E-state index contributed by atoms with van der Waals surface area (Å²) in [6, 6.07) is 0. The van der Waals surface area contributed by atoms with Gasteiger partial charge in [-0.1, -0.05) is 32.1 Å². The van der Waals surface area contributed by atoms with Crippen LogP contribution in [-0.2, 0) is 4.79 Å². The predicted octanol–water partition coefficient (Wildman–Crippen LogP) is 4.68. The summed E-state index contributed by atoms with van der Waals surface area (Å²) in [6.45, 7) is 4.77. The number of rotatable bonds is 0. The van der Waals surface area contributed by atoms with Crippen LogP contribution in [0.3, 0.4) is 0 Å². The quantitative estimate of drug-likeness (QED) is 0.624. The van der Waals surface area contributed by atoms with Crippen LogP contribution in [0.4, 0.5) is 0 Å². The fourth-order valence-corrected chi connectivity index (χ4v) is 6.07. The van der Waals surface area contributed by atoms with Crippen LogP contribution in [0.5, 0.6) is 0 Å². The van der Waals surface area contributed by atoms with E-state index in [2.05, 4.69) is 32.1 Å². The van der Waals surface area contributed by atoms with Crippen molar-refractivity contribution in [2.45, 2.75) is 58.8 Å². The van der Waals surface area contributed by atoms with Crippen LogP contribution < -0.4 is 0 Å². The van der Waals surface area contributed by atoms with Crippen LogP contribution >= 0.6 is 0 Å². The molecule has 2 fully saturated rings. The van der Waals surface area contributed by atoms with Crippen LogP contribution in [0, 0.1) is 28.6 Å². The Bertz CT molecular complexity index is 514. The molecule has 3 unspecified atom stereocenters. The first-order valence-corrected chi connectivity index (χ1v) is 8.46. The Morgan fingerprint density at radius 3 is 2.75 bits per heavy atom. The van der Waals surface area contributed by atoms with E-state index in [0.29, 0.717) is 17.1 Å². The van der Waals surface area contributed by atoms with Crippen LogP contribution in [0.15, 0.2) is 23.8 Å². The molecule has 0 aromatic carbocycles. The standard InChI is InChI=1S/C19H26O/c1-18-11-4-3-5-13(18)6-7-14-15-8-9-17(20)19(15,2)12-10-16(14)18/h3,5-6,14-16H,4,7-12H2,1-2H3/t14?,15?,16?,18-,19-/m0/s1. The molecule has 0 aliphatic heterocycles. The SMILES string of the molecule is C[C@]12CCC=CC1=CCC1C2CC[C@]2(C)C(=O)CCC12. The summed E-state index contributed by atoms with van der Waals surface area (Å²) >= 11 is 0. The predicted molar refractivity (Wildman–Crippen MR) is 81.2 cm³/mol. The number of hydrogen-bond acceptors (Lipinski definition) is 1. The maximum Gasteiger partial charge on any atom is 0.139 e. The van der Waals surface area contributed by atoms with Gasteiger partial charge < -0.3 is 0 Å². The maximum atomic E-state index is 12.3. The Morgan fingerprint density at radius 1 is 1.10 bits per heavy atom. The molecule has 4 aliphatic rings. The Morgan fingerprint density at radius 2 is 1.90 bits per heavy atom. The van der Waals surface area contributed by atoms with Crippen molar-refractivity contribution in [2.24, 2.45) is 28.6 Å². The summed E-state index contributed by atoms with van der Waals surface area (Å²) in [5, 5.41) is 0. The summed E-state index contributed by atoms with van der Waals surface area (Å²) in [5.74, 6) is 2.80. The third-order valence-corrected chi connectivity index (χ3v) is 7.36. The Hall–Kier alpha value is -0.850. The number of ketones is 1. The minimum atomic E-state index is 0.0212. The molecule has 1 heteroatoms. The molecule has 4 rings (SSSR count). The summed E-state index contributed by atoms with van der Waals surface area (Å²) in [5.41, 5.74) is 2.01. The van der Waals surface area contributed by atoms with Crippen molar-refractivity contribution in [3.63, 3.8) is 0 Å². The molecule has 20 heavy (non-hydrogen) atoms. The number of hydrogen-bond donors (Lipinski definition) is 0. The zero-order valence-electron chi connectivity index (χ0n) is 12.8. The van der Waals surface area contributed by atoms with E-state index >= 15 is 0 Å². The molecule has 0 radical (unpaired) electrons. The van der Waals surface area contributed by atoms with Gasteiger partial charge in [0.15, 0.2) is 0 Å². The number of carbonyl (C=O) groups is 1. The summed E-state index contributed by atoms with van der Waals surface area (Å²) in [4.78, 5) is 12.3.